The molecule has 57 heavy (non-hydrogen) atoms. The van der Waals surface area contributed by atoms with E-state index in [1.54, 1.807) is 0 Å². The van der Waals surface area contributed by atoms with Crippen molar-refractivity contribution in [1.29, 1.82) is 0 Å². The molecule has 6 heteroatoms. The van der Waals surface area contributed by atoms with Crippen molar-refractivity contribution in [2.75, 3.05) is 6.61 Å². The Balaban J connectivity index is 4.57. The molecule has 0 aromatic carbocycles. The Labute approximate surface area is 353 Å². The van der Waals surface area contributed by atoms with Crippen LogP contribution in [0.3, 0.4) is 0 Å². The van der Waals surface area contributed by atoms with Gasteiger partial charge in [-0.25, -0.2) is 0 Å². The number of allylic oxidation sites excluding steroid dienone is 6. The van der Waals surface area contributed by atoms with Crippen molar-refractivity contribution in [3.05, 3.63) is 36.5 Å². The Morgan fingerprint density at radius 3 is 1.42 bits per heavy atom. The van der Waals surface area contributed by atoms with Gasteiger partial charge in [-0.1, -0.05) is 231 Å². The Morgan fingerprint density at radius 1 is 0.526 bits per heavy atom. The molecule has 0 rings (SSSR count). The number of hydrogen-bond donors (Lipinski definition) is 3. The molecule has 0 aliphatic carbocycles. The Bertz CT molecular complexity index is 946. The van der Waals surface area contributed by atoms with Crippen molar-refractivity contribution >= 4 is 11.9 Å². The fourth-order valence-corrected chi connectivity index (χ4v) is 7.55. The Morgan fingerprint density at radius 2 is 0.947 bits per heavy atom. The summed E-state index contributed by atoms with van der Waals surface area (Å²) in [7, 11) is 0. The van der Waals surface area contributed by atoms with E-state index in [2.05, 4.69) is 62.5 Å². The standard InChI is InChI=1S/C51H95NO5/c1-4-7-10-13-16-19-22-25-28-31-34-37-40-43-49(54)48(46-53)52-50(55)45-47(42-39-36-33-30-27-24-21-18-15-12-9-6-3)57-51(56)44-41-38-35-32-29-26-23-20-17-14-11-8-5-2/h8,11,14,17,20,23,47-49,53-54H,4-7,9-10,12-13,15-16,18-19,21-22,24-46H2,1-3H3,(H,52,55)/b11-8+,17-14+,23-20-. The number of carbonyl (C=O) groups is 2. The van der Waals surface area contributed by atoms with Gasteiger partial charge in [0.15, 0.2) is 0 Å². The number of hydrogen-bond acceptors (Lipinski definition) is 5. The third-order valence-corrected chi connectivity index (χ3v) is 11.3. The molecule has 0 bridgehead atoms. The first kappa shape index (κ1) is 55.1. The van der Waals surface area contributed by atoms with E-state index >= 15 is 0 Å². The van der Waals surface area contributed by atoms with Gasteiger partial charge in [0.2, 0.25) is 5.91 Å². The molecule has 0 aromatic rings. The molecule has 0 aliphatic rings. The van der Waals surface area contributed by atoms with Crippen LogP contribution in [0.15, 0.2) is 36.5 Å². The zero-order valence-electron chi connectivity index (χ0n) is 38.0. The predicted octanol–water partition coefficient (Wildman–Crippen LogP) is 14.5. The second-order valence-corrected chi connectivity index (χ2v) is 16.9. The fraction of sp³-hybridized carbons (Fsp3) is 0.843. The van der Waals surface area contributed by atoms with Crippen LogP contribution in [-0.4, -0.2) is 46.9 Å². The van der Waals surface area contributed by atoms with E-state index in [9.17, 15) is 19.8 Å². The molecule has 0 aliphatic heterocycles. The number of amides is 1. The number of rotatable bonds is 44. The first-order chi connectivity index (χ1) is 28.0. The van der Waals surface area contributed by atoms with Crippen LogP contribution in [0.1, 0.15) is 252 Å². The molecule has 0 saturated heterocycles. The maximum absolute atomic E-state index is 13.2. The van der Waals surface area contributed by atoms with E-state index < -0.39 is 18.2 Å². The third kappa shape index (κ3) is 40.6. The predicted molar refractivity (Wildman–Crippen MR) is 246 cm³/mol. The number of ether oxygens (including phenoxy) is 1. The van der Waals surface area contributed by atoms with Gasteiger partial charge < -0.3 is 20.3 Å². The molecule has 0 spiro atoms. The van der Waals surface area contributed by atoms with Crippen LogP contribution >= 0.6 is 0 Å². The van der Waals surface area contributed by atoms with Gasteiger partial charge in [-0.3, -0.25) is 9.59 Å². The largest absolute Gasteiger partial charge is 0.462 e. The molecule has 0 fully saturated rings. The smallest absolute Gasteiger partial charge is 0.306 e. The lowest BCUT2D eigenvalue weighted by atomic mass is 10.0. The maximum Gasteiger partial charge on any atom is 0.306 e. The molecular weight excluding hydrogens is 707 g/mol. The van der Waals surface area contributed by atoms with Crippen LogP contribution in [0.5, 0.6) is 0 Å². The van der Waals surface area contributed by atoms with Crippen LogP contribution in [0.25, 0.3) is 0 Å². The van der Waals surface area contributed by atoms with Gasteiger partial charge in [0, 0.05) is 6.42 Å². The number of carbonyl (C=O) groups excluding carboxylic acids is 2. The second kappa shape index (κ2) is 45.2. The highest BCUT2D eigenvalue weighted by Gasteiger charge is 2.24. The summed E-state index contributed by atoms with van der Waals surface area (Å²) >= 11 is 0. The summed E-state index contributed by atoms with van der Waals surface area (Å²) in [6, 6.07) is -0.701. The van der Waals surface area contributed by atoms with Crippen molar-refractivity contribution in [2.24, 2.45) is 0 Å². The topological polar surface area (TPSA) is 95.9 Å². The van der Waals surface area contributed by atoms with Gasteiger partial charge in [-0.15, -0.1) is 0 Å². The van der Waals surface area contributed by atoms with E-state index in [1.165, 1.54) is 135 Å². The number of unbranched alkanes of at least 4 members (excludes halogenated alkanes) is 28. The van der Waals surface area contributed by atoms with Crippen LogP contribution in [0, 0.1) is 0 Å². The van der Waals surface area contributed by atoms with Crippen molar-refractivity contribution in [3.63, 3.8) is 0 Å². The normalized spacial score (nSPS) is 13.6. The Hall–Kier alpha value is -1.92. The SMILES string of the molecule is CC/C=C/C=C/C=C\CCCCCCCC(=O)OC(CCCCCCCCCCCCCC)CC(=O)NC(CO)C(O)CCCCCCCCCCCCCCC. The molecule has 0 heterocycles. The zero-order valence-corrected chi connectivity index (χ0v) is 38.0. The summed E-state index contributed by atoms with van der Waals surface area (Å²) in [5.41, 5.74) is 0. The molecule has 3 atom stereocenters. The lowest BCUT2D eigenvalue weighted by molar-refractivity contribution is -0.151. The van der Waals surface area contributed by atoms with E-state index in [-0.39, 0.29) is 24.9 Å². The zero-order chi connectivity index (χ0) is 41.7. The lowest BCUT2D eigenvalue weighted by Crippen LogP contribution is -2.46. The minimum atomic E-state index is -0.787. The fourth-order valence-electron chi connectivity index (χ4n) is 7.55. The number of aliphatic hydroxyl groups excluding tert-OH is 2. The van der Waals surface area contributed by atoms with Crippen molar-refractivity contribution < 1.29 is 24.5 Å². The molecule has 0 aromatic heterocycles. The van der Waals surface area contributed by atoms with Gasteiger partial charge in [0.1, 0.15) is 6.10 Å². The summed E-state index contributed by atoms with van der Waals surface area (Å²) in [5.74, 6) is -0.489. The molecular formula is C51H95NO5. The van der Waals surface area contributed by atoms with Crippen LogP contribution in [0.4, 0.5) is 0 Å². The van der Waals surface area contributed by atoms with Gasteiger partial charge in [-0.2, -0.15) is 0 Å². The van der Waals surface area contributed by atoms with E-state index in [0.29, 0.717) is 19.3 Å². The summed E-state index contributed by atoms with van der Waals surface area (Å²) in [6.45, 7) is 6.35. The average Bonchev–Trinajstić information content (AvgIpc) is 3.20. The van der Waals surface area contributed by atoms with E-state index in [0.717, 1.165) is 70.6 Å². The molecule has 334 valence electrons. The average molecular weight is 802 g/mol. The summed E-state index contributed by atoms with van der Waals surface area (Å²) in [6.07, 6.45) is 52.0. The highest BCUT2D eigenvalue weighted by atomic mass is 16.5. The van der Waals surface area contributed by atoms with Crippen LogP contribution in [-0.2, 0) is 14.3 Å². The Kier molecular flexibility index (Phi) is 43.6. The minimum Gasteiger partial charge on any atom is -0.462 e. The third-order valence-electron chi connectivity index (χ3n) is 11.3. The summed E-state index contributed by atoms with van der Waals surface area (Å²) in [4.78, 5) is 26.1. The minimum absolute atomic E-state index is 0.0727. The van der Waals surface area contributed by atoms with Crippen molar-refractivity contribution in [2.45, 2.75) is 270 Å². The molecule has 0 radical (unpaired) electrons. The van der Waals surface area contributed by atoms with Gasteiger partial charge >= 0.3 is 5.97 Å². The number of aliphatic hydroxyl groups is 2. The van der Waals surface area contributed by atoms with Gasteiger partial charge in [-0.05, 0) is 44.9 Å². The first-order valence-electron chi connectivity index (χ1n) is 24.7. The van der Waals surface area contributed by atoms with E-state index in [4.69, 9.17) is 4.74 Å². The summed E-state index contributed by atoms with van der Waals surface area (Å²) < 4.78 is 5.91. The van der Waals surface area contributed by atoms with Gasteiger partial charge in [0.05, 0.1) is 25.2 Å². The highest BCUT2D eigenvalue weighted by Crippen LogP contribution is 2.18. The van der Waals surface area contributed by atoms with Crippen molar-refractivity contribution in [1.82, 2.24) is 5.32 Å². The molecule has 0 saturated carbocycles. The lowest BCUT2D eigenvalue weighted by Gasteiger charge is -2.24. The van der Waals surface area contributed by atoms with Crippen molar-refractivity contribution in [3.8, 4) is 0 Å². The monoisotopic (exact) mass is 802 g/mol. The second-order valence-electron chi connectivity index (χ2n) is 16.9. The van der Waals surface area contributed by atoms with Crippen LogP contribution < -0.4 is 5.32 Å². The van der Waals surface area contributed by atoms with E-state index in [1.807, 2.05) is 0 Å². The maximum atomic E-state index is 13.2. The highest BCUT2D eigenvalue weighted by molar-refractivity contribution is 5.77. The molecule has 1 amide bonds. The number of nitrogens with one attached hydrogen (secondary N) is 1. The molecule has 6 nitrogen and oxygen atoms in total. The molecule has 3 unspecified atom stereocenters. The summed E-state index contributed by atoms with van der Waals surface area (Å²) in [5, 5.41) is 23.7. The van der Waals surface area contributed by atoms with Gasteiger partial charge in [0.25, 0.3) is 0 Å². The molecule has 3 N–H and O–H groups in total. The first-order valence-corrected chi connectivity index (χ1v) is 24.7. The number of esters is 1. The quantitative estimate of drug-likeness (QED) is 0.0324. The van der Waals surface area contributed by atoms with Crippen LogP contribution in [0.2, 0.25) is 0 Å².